The monoisotopic (exact) mass is 510 g/mol. The molecule has 1 aromatic rings. The van der Waals surface area contributed by atoms with E-state index >= 15 is 0 Å². The van der Waals surface area contributed by atoms with Crippen molar-refractivity contribution in [1.82, 2.24) is 4.90 Å². The summed E-state index contributed by atoms with van der Waals surface area (Å²) in [6, 6.07) is 0.202. The van der Waals surface area contributed by atoms with Crippen LogP contribution in [0.3, 0.4) is 0 Å². The summed E-state index contributed by atoms with van der Waals surface area (Å²) in [6.07, 6.45) is 2.08. The van der Waals surface area contributed by atoms with Crippen LogP contribution in [-0.4, -0.2) is 81.9 Å². The zero-order valence-corrected chi connectivity index (χ0v) is 21.4. The minimum absolute atomic E-state index is 0.202. The van der Waals surface area contributed by atoms with Gasteiger partial charge in [0.1, 0.15) is 0 Å². The van der Waals surface area contributed by atoms with E-state index in [1.807, 2.05) is 0 Å². The molecule has 0 spiro atoms. The Labute approximate surface area is 204 Å². The number of ether oxygens (including phenoxy) is 2. The van der Waals surface area contributed by atoms with Gasteiger partial charge in [0.15, 0.2) is 23.9 Å². The van der Waals surface area contributed by atoms with Crippen LogP contribution in [0.4, 0.5) is 11.4 Å². The van der Waals surface area contributed by atoms with Gasteiger partial charge in [0.2, 0.25) is 10.0 Å². The number of aryl methyl sites for hydroxylation is 1. The van der Waals surface area contributed by atoms with Crippen LogP contribution in [0.2, 0.25) is 0 Å². The molecule has 3 atom stereocenters. The number of methoxy groups -OCH3 is 2. The molecule has 192 valence electrons. The van der Waals surface area contributed by atoms with Gasteiger partial charge < -0.3 is 19.7 Å². The second kappa shape index (κ2) is 10.4. The molecule has 0 aromatic heterocycles. The number of carbonyl (C=O) groups is 4. The molecule has 13 heteroatoms. The second-order valence-corrected chi connectivity index (χ2v) is 10.8. The Morgan fingerprint density at radius 1 is 1.09 bits per heavy atom. The highest BCUT2D eigenvalue weighted by atomic mass is 32.2. The van der Waals surface area contributed by atoms with Crippen molar-refractivity contribution in [2.45, 2.75) is 45.8 Å². The lowest BCUT2D eigenvalue weighted by Gasteiger charge is -2.34. The maximum absolute atomic E-state index is 13.5. The highest BCUT2D eigenvalue weighted by Gasteiger charge is 2.50. The van der Waals surface area contributed by atoms with Crippen molar-refractivity contribution in [3.63, 3.8) is 0 Å². The van der Waals surface area contributed by atoms with E-state index in [2.05, 4.69) is 15.0 Å². The molecule has 1 aliphatic heterocycles. The molecule has 2 rings (SSSR count). The van der Waals surface area contributed by atoms with Crippen LogP contribution in [0.1, 0.15) is 26.3 Å². The molecule has 0 saturated heterocycles. The van der Waals surface area contributed by atoms with Gasteiger partial charge in [0.25, 0.3) is 5.91 Å². The number of anilines is 2. The highest BCUT2D eigenvalue weighted by molar-refractivity contribution is 7.92. The smallest absolute Gasteiger partial charge is 0.333 e. The van der Waals surface area contributed by atoms with Crippen molar-refractivity contribution in [3.8, 4) is 0 Å². The van der Waals surface area contributed by atoms with E-state index in [1.54, 1.807) is 33.8 Å². The van der Waals surface area contributed by atoms with Crippen LogP contribution in [0.15, 0.2) is 23.2 Å². The number of nitrogens with one attached hydrogen (secondary N) is 2. The van der Waals surface area contributed by atoms with Crippen molar-refractivity contribution < 1.29 is 37.1 Å². The number of Topliss-reactive ketones (excluding diaryl/α,β-unsaturated/α-hetero) is 1. The van der Waals surface area contributed by atoms with E-state index in [-0.39, 0.29) is 11.4 Å². The maximum atomic E-state index is 13.5. The number of rotatable bonds is 8. The summed E-state index contributed by atoms with van der Waals surface area (Å²) in [7, 11) is -1.34. The van der Waals surface area contributed by atoms with E-state index in [4.69, 9.17) is 9.47 Å². The van der Waals surface area contributed by atoms with Crippen LogP contribution in [0.5, 0.6) is 0 Å². The van der Waals surface area contributed by atoms with Gasteiger partial charge in [-0.15, -0.1) is 0 Å². The number of carbonyl (C=O) groups excluding carboxylic acids is 4. The van der Waals surface area contributed by atoms with E-state index in [1.165, 1.54) is 12.1 Å². The number of ketones is 1. The second-order valence-electron chi connectivity index (χ2n) is 9.06. The molecule has 0 saturated carbocycles. The first-order valence-electron chi connectivity index (χ1n) is 10.5. The first-order chi connectivity index (χ1) is 16.1. The Morgan fingerprint density at radius 3 is 2.20 bits per heavy atom. The number of amides is 1. The van der Waals surface area contributed by atoms with Crippen LogP contribution >= 0.6 is 0 Å². The number of benzene rings is 1. The third-order valence-electron chi connectivity index (χ3n) is 5.20. The standard InChI is InChI=1S/C22H30N4O8S/c1-12-8-9-13(25-35(7,31)32)10-14(12)24-19(28)17(18(27)22(2,3)4)26-11-23-15(20(29)33-5)16(26)21(30)34-6/h8-11,15-17,25H,1-7H3,(H,24,28). The quantitative estimate of drug-likeness (QED) is 0.379. The van der Waals surface area contributed by atoms with Crippen molar-refractivity contribution in [2.24, 2.45) is 10.4 Å². The van der Waals surface area contributed by atoms with Crippen LogP contribution in [0, 0.1) is 12.3 Å². The molecule has 0 bridgehead atoms. The summed E-state index contributed by atoms with van der Waals surface area (Å²) >= 11 is 0. The third-order valence-corrected chi connectivity index (χ3v) is 5.81. The fraction of sp³-hybridized carbons (Fsp3) is 0.500. The number of aliphatic imine (C=N–C) groups is 1. The summed E-state index contributed by atoms with van der Waals surface area (Å²) in [6.45, 7) is 6.50. The summed E-state index contributed by atoms with van der Waals surface area (Å²) in [5, 5.41) is 2.64. The van der Waals surface area contributed by atoms with Crippen molar-refractivity contribution in [2.75, 3.05) is 30.5 Å². The van der Waals surface area contributed by atoms with Crippen LogP contribution < -0.4 is 10.0 Å². The predicted octanol–water partition coefficient (Wildman–Crippen LogP) is 0.716. The van der Waals surface area contributed by atoms with Crippen molar-refractivity contribution in [3.05, 3.63) is 23.8 Å². The third kappa shape index (κ3) is 6.56. The van der Waals surface area contributed by atoms with Crippen LogP contribution in [0.25, 0.3) is 0 Å². The van der Waals surface area contributed by atoms with Crippen LogP contribution in [-0.2, 0) is 38.7 Å². The molecule has 3 unspecified atom stereocenters. The molecule has 0 radical (unpaired) electrons. The largest absolute Gasteiger partial charge is 0.467 e. The Bertz CT molecular complexity index is 1160. The van der Waals surface area contributed by atoms with Gasteiger partial charge in [-0.1, -0.05) is 26.8 Å². The van der Waals surface area contributed by atoms with Gasteiger partial charge in [-0.3, -0.25) is 19.3 Å². The number of esters is 2. The average molecular weight is 511 g/mol. The zero-order valence-electron chi connectivity index (χ0n) is 20.6. The molecule has 35 heavy (non-hydrogen) atoms. The average Bonchev–Trinajstić information content (AvgIpc) is 3.18. The lowest BCUT2D eigenvalue weighted by molar-refractivity contribution is -0.154. The Balaban J connectivity index is 2.51. The first kappa shape index (κ1) is 27.8. The SMILES string of the molecule is COC(=O)C1N=CN(C(C(=O)Nc2cc(NS(C)(=O)=O)ccc2C)C(=O)C(C)(C)C)C1C(=O)OC. The fourth-order valence-electron chi connectivity index (χ4n) is 3.41. The lowest BCUT2D eigenvalue weighted by Crippen LogP contribution is -2.58. The lowest BCUT2D eigenvalue weighted by atomic mass is 9.85. The molecule has 12 nitrogen and oxygen atoms in total. The summed E-state index contributed by atoms with van der Waals surface area (Å²) in [4.78, 5) is 56.8. The molecular formula is C22H30N4O8S. The van der Waals surface area contributed by atoms with Crippen molar-refractivity contribution >= 4 is 51.4 Å². The van der Waals surface area contributed by atoms with Gasteiger partial charge in [-0.25, -0.2) is 18.0 Å². The summed E-state index contributed by atoms with van der Waals surface area (Å²) < 4.78 is 35.0. The molecular weight excluding hydrogens is 480 g/mol. The van der Waals surface area contributed by atoms with Gasteiger partial charge in [-0.2, -0.15) is 0 Å². The van der Waals surface area contributed by atoms with E-state index < -0.39 is 57.2 Å². The maximum Gasteiger partial charge on any atom is 0.333 e. The van der Waals surface area contributed by atoms with Gasteiger partial charge in [0.05, 0.1) is 32.5 Å². The number of hydrogen-bond donors (Lipinski definition) is 2. The Hall–Kier alpha value is -3.48. The molecule has 0 fully saturated rings. The van der Waals surface area contributed by atoms with E-state index in [0.717, 1.165) is 31.7 Å². The molecule has 1 heterocycles. The minimum atomic E-state index is -3.57. The molecule has 1 aliphatic rings. The summed E-state index contributed by atoms with van der Waals surface area (Å²) in [5.41, 5.74) is 0.0132. The van der Waals surface area contributed by atoms with E-state index in [9.17, 15) is 27.6 Å². The number of hydrogen-bond acceptors (Lipinski definition) is 10. The summed E-state index contributed by atoms with van der Waals surface area (Å²) in [5.74, 6) is -3.08. The normalized spacial score (nSPS) is 18.5. The van der Waals surface area contributed by atoms with E-state index in [0.29, 0.717) is 5.56 Å². The Morgan fingerprint density at radius 2 is 1.69 bits per heavy atom. The molecule has 2 N–H and O–H groups in total. The topological polar surface area (TPSA) is 161 Å². The Kier molecular flexibility index (Phi) is 8.27. The van der Waals surface area contributed by atoms with Crippen molar-refractivity contribution in [1.29, 1.82) is 0 Å². The van der Waals surface area contributed by atoms with Gasteiger partial charge >= 0.3 is 11.9 Å². The zero-order chi connectivity index (χ0) is 26.7. The number of nitrogens with zero attached hydrogens (tertiary/aromatic N) is 2. The minimum Gasteiger partial charge on any atom is -0.467 e. The number of sulfonamides is 1. The van der Waals surface area contributed by atoms with Gasteiger partial charge in [-0.05, 0) is 24.6 Å². The molecule has 0 aliphatic carbocycles. The van der Waals surface area contributed by atoms with Gasteiger partial charge in [0, 0.05) is 11.1 Å². The predicted molar refractivity (Wildman–Crippen MR) is 128 cm³/mol. The fourth-order valence-corrected chi connectivity index (χ4v) is 3.96. The molecule has 1 amide bonds. The molecule has 1 aromatic carbocycles. The first-order valence-corrected chi connectivity index (χ1v) is 12.4. The highest BCUT2D eigenvalue weighted by Crippen LogP contribution is 2.28.